The molecule has 0 spiro atoms. The number of hydrogen-bond acceptors (Lipinski definition) is 6. The number of carbonyl (C=O) groups excluding carboxylic acids is 1. The molecule has 1 amide bonds. The molecule has 3 aromatic rings. The average molecular weight is 475 g/mol. The second kappa shape index (κ2) is 9.07. The lowest BCUT2D eigenvalue weighted by Crippen LogP contribution is -2.40. The minimum atomic E-state index is -0.0852. The monoisotopic (exact) mass is 474 g/mol. The second-order valence-electron chi connectivity index (χ2n) is 10.8. The maximum absolute atomic E-state index is 13.2. The second-order valence-corrected chi connectivity index (χ2v) is 10.8. The van der Waals surface area contributed by atoms with Crippen molar-refractivity contribution in [3.8, 4) is 23.0 Å². The Balaban J connectivity index is 1.46. The van der Waals surface area contributed by atoms with Gasteiger partial charge in [0.15, 0.2) is 0 Å². The topological polar surface area (TPSA) is 85.2 Å². The van der Waals surface area contributed by atoms with E-state index in [1.165, 1.54) is 5.56 Å². The van der Waals surface area contributed by atoms with Crippen molar-refractivity contribution < 1.29 is 9.53 Å². The number of amides is 1. The molecule has 0 aliphatic heterocycles. The zero-order valence-corrected chi connectivity index (χ0v) is 21.3. The predicted molar refractivity (Wildman–Crippen MR) is 135 cm³/mol. The molecule has 2 aliphatic carbocycles. The fourth-order valence-corrected chi connectivity index (χ4v) is 5.07. The lowest BCUT2D eigenvalue weighted by Gasteiger charge is -2.28. The van der Waals surface area contributed by atoms with Gasteiger partial charge in [0, 0.05) is 30.8 Å². The molecular formula is C27H34N6O2. The predicted octanol–water partition coefficient (Wildman–Crippen LogP) is 3.63. The highest BCUT2D eigenvalue weighted by Gasteiger charge is 2.34. The van der Waals surface area contributed by atoms with Gasteiger partial charge in [0.1, 0.15) is 5.75 Å². The summed E-state index contributed by atoms with van der Waals surface area (Å²) in [6, 6.07) is 6.15. The Labute approximate surface area is 206 Å². The first-order valence-corrected chi connectivity index (χ1v) is 12.3. The average Bonchev–Trinajstić information content (AvgIpc) is 3.58. The Morgan fingerprint density at radius 2 is 1.97 bits per heavy atom. The zero-order valence-electron chi connectivity index (χ0n) is 21.3. The van der Waals surface area contributed by atoms with Crippen LogP contribution < -0.4 is 10.1 Å². The molecule has 1 saturated carbocycles. The number of fused-ring (bicyclic) bond motifs is 3. The van der Waals surface area contributed by atoms with E-state index in [0.717, 1.165) is 60.5 Å². The lowest BCUT2D eigenvalue weighted by atomic mass is 9.90. The Bertz CT molecular complexity index is 1260. The molecule has 1 aromatic carbocycles. The quantitative estimate of drug-likeness (QED) is 0.537. The third-order valence-corrected chi connectivity index (χ3v) is 6.76. The Morgan fingerprint density at radius 1 is 1.20 bits per heavy atom. The van der Waals surface area contributed by atoms with Crippen LogP contribution in [0.3, 0.4) is 0 Å². The van der Waals surface area contributed by atoms with Crippen LogP contribution in [0.4, 0.5) is 0 Å². The number of benzene rings is 1. The van der Waals surface area contributed by atoms with Gasteiger partial charge >= 0.3 is 0 Å². The third-order valence-electron chi connectivity index (χ3n) is 6.76. The normalized spacial score (nSPS) is 15.0. The summed E-state index contributed by atoms with van der Waals surface area (Å²) in [5.74, 6) is 1.54. The summed E-state index contributed by atoms with van der Waals surface area (Å²) in [4.78, 5) is 25.0. The molecule has 1 N–H and O–H groups in total. The van der Waals surface area contributed by atoms with Crippen molar-refractivity contribution in [3.05, 3.63) is 53.0 Å². The van der Waals surface area contributed by atoms with Gasteiger partial charge in [-0.2, -0.15) is 5.10 Å². The largest absolute Gasteiger partial charge is 0.497 e. The Hall–Kier alpha value is -3.26. The molecule has 0 unspecified atom stereocenters. The lowest BCUT2D eigenvalue weighted by molar-refractivity contribution is 0.0928. The molecule has 0 atom stereocenters. The van der Waals surface area contributed by atoms with E-state index in [0.29, 0.717) is 24.0 Å². The van der Waals surface area contributed by atoms with Gasteiger partial charge in [-0.15, -0.1) is 0 Å². The van der Waals surface area contributed by atoms with Crippen molar-refractivity contribution >= 4 is 5.91 Å². The Kier molecular flexibility index (Phi) is 6.09. The van der Waals surface area contributed by atoms with Gasteiger partial charge in [-0.25, -0.2) is 14.6 Å². The molecule has 2 aromatic heterocycles. The number of ether oxygens (including phenoxy) is 1. The van der Waals surface area contributed by atoms with Crippen molar-refractivity contribution in [2.24, 2.45) is 5.41 Å². The van der Waals surface area contributed by atoms with Gasteiger partial charge in [0.2, 0.25) is 0 Å². The molecule has 8 nitrogen and oxygen atoms in total. The first-order chi connectivity index (χ1) is 16.8. The highest BCUT2D eigenvalue weighted by atomic mass is 16.5. The summed E-state index contributed by atoms with van der Waals surface area (Å²) in [6.07, 6.45) is 7.52. The minimum Gasteiger partial charge on any atom is -0.497 e. The zero-order chi connectivity index (χ0) is 24.7. The summed E-state index contributed by atoms with van der Waals surface area (Å²) in [5.41, 5.74) is 5.87. The van der Waals surface area contributed by atoms with Gasteiger partial charge in [0.25, 0.3) is 11.9 Å². The van der Waals surface area contributed by atoms with Crippen LogP contribution >= 0.6 is 0 Å². The summed E-state index contributed by atoms with van der Waals surface area (Å²) in [7, 11) is 5.77. The molecule has 0 bridgehead atoms. The van der Waals surface area contributed by atoms with Gasteiger partial charge in [-0.3, -0.25) is 4.79 Å². The number of nitrogens with zero attached hydrogens (tertiary/aromatic N) is 5. The van der Waals surface area contributed by atoms with Crippen LogP contribution in [0.1, 0.15) is 59.8 Å². The Morgan fingerprint density at radius 3 is 2.69 bits per heavy atom. The number of methoxy groups -OCH3 is 1. The van der Waals surface area contributed by atoms with E-state index in [-0.39, 0.29) is 11.3 Å². The summed E-state index contributed by atoms with van der Waals surface area (Å²) >= 11 is 0. The molecule has 2 aliphatic rings. The number of carbonyl (C=O) groups is 1. The van der Waals surface area contributed by atoms with E-state index in [1.54, 1.807) is 18.0 Å². The van der Waals surface area contributed by atoms with Crippen molar-refractivity contribution in [2.45, 2.75) is 45.4 Å². The van der Waals surface area contributed by atoms with Gasteiger partial charge in [-0.05, 0) is 68.5 Å². The van der Waals surface area contributed by atoms with Gasteiger partial charge < -0.3 is 15.0 Å². The van der Waals surface area contributed by atoms with Crippen LogP contribution in [-0.4, -0.2) is 64.9 Å². The molecule has 184 valence electrons. The van der Waals surface area contributed by atoms with E-state index >= 15 is 0 Å². The van der Waals surface area contributed by atoms with Crippen LogP contribution in [0.15, 0.2) is 30.6 Å². The van der Waals surface area contributed by atoms with Gasteiger partial charge in [-0.1, -0.05) is 19.9 Å². The van der Waals surface area contributed by atoms with Crippen molar-refractivity contribution in [3.63, 3.8) is 0 Å². The molecule has 1 fully saturated rings. The SMILES string of the molecule is COc1ccc2c(c1)-c1nc(-n3ncc(C(=O)NCC(C)(C)CN(C)C)c3C3CC3)ncc1CC2. The fourth-order valence-electron chi connectivity index (χ4n) is 5.07. The molecule has 0 radical (unpaired) electrons. The van der Waals surface area contributed by atoms with Crippen molar-refractivity contribution in [1.29, 1.82) is 0 Å². The van der Waals surface area contributed by atoms with E-state index in [4.69, 9.17) is 9.72 Å². The summed E-state index contributed by atoms with van der Waals surface area (Å²) in [6.45, 7) is 5.79. The number of nitrogens with one attached hydrogen (secondary N) is 1. The van der Waals surface area contributed by atoms with Gasteiger partial charge in [0.05, 0.1) is 30.3 Å². The number of rotatable bonds is 8. The van der Waals surface area contributed by atoms with E-state index in [9.17, 15) is 4.79 Å². The number of hydrogen-bond donors (Lipinski definition) is 1. The maximum Gasteiger partial charge on any atom is 0.254 e. The number of aromatic nitrogens is 4. The highest BCUT2D eigenvalue weighted by molar-refractivity contribution is 5.95. The van der Waals surface area contributed by atoms with Crippen LogP contribution in [0, 0.1) is 5.41 Å². The van der Waals surface area contributed by atoms with E-state index in [2.05, 4.69) is 40.2 Å². The van der Waals surface area contributed by atoms with E-state index in [1.807, 2.05) is 32.4 Å². The van der Waals surface area contributed by atoms with E-state index < -0.39 is 0 Å². The van der Waals surface area contributed by atoms with Crippen LogP contribution in [0.25, 0.3) is 17.2 Å². The molecule has 2 heterocycles. The molecule has 5 rings (SSSR count). The molecule has 35 heavy (non-hydrogen) atoms. The highest BCUT2D eigenvalue weighted by Crippen LogP contribution is 2.42. The first kappa shape index (κ1) is 23.5. The summed E-state index contributed by atoms with van der Waals surface area (Å²) in [5, 5.41) is 7.73. The first-order valence-electron chi connectivity index (χ1n) is 12.3. The van der Waals surface area contributed by atoms with Crippen molar-refractivity contribution in [2.75, 3.05) is 34.3 Å². The maximum atomic E-state index is 13.2. The van der Waals surface area contributed by atoms with Crippen LogP contribution in [0.5, 0.6) is 5.75 Å². The smallest absolute Gasteiger partial charge is 0.254 e. The number of aryl methyl sites for hydroxylation is 2. The molecule has 0 saturated heterocycles. The fraction of sp³-hybridized carbons (Fsp3) is 0.481. The van der Waals surface area contributed by atoms with Crippen LogP contribution in [0.2, 0.25) is 0 Å². The third kappa shape index (κ3) is 4.80. The molecule has 8 heteroatoms. The van der Waals surface area contributed by atoms with Crippen molar-refractivity contribution in [1.82, 2.24) is 30.0 Å². The standard InChI is InChI=1S/C27H34N6O2/c1-27(2,16-32(3)4)15-29-25(34)22-14-30-33(24(22)18-7-8-18)26-28-13-19-9-6-17-10-11-20(35-5)12-21(17)23(19)31-26/h10-14,18H,6-9,15-16H2,1-5H3,(H,29,34). The van der Waals surface area contributed by atoms with Crippen LogP contribution in [-0.2, 0) is 12.8 Å². The summed E-state index contributed by atoms with van der Waals surface area (Å²) < 4.78 is 7.23. The molecular weight excluding hydrogens is 440 g/mol. The minimum absolute atomic E-state index is 0.0368.